The highest BCUT2D eigenvalue weighted by molar-refractivity contribution is 5.87. The van der Waals surface area contributed by atoms with E-state index in [0.717, 1.165) is 38.5 Å². The molecule has 2 N–H and O–H groups in total. The molecule has 0 spiro atoms. The normalized spacial score (nSPS) is 14.1. The molecule has 0 aromatic heterocycles. The van der Waals surface area contributed by atoms with Crippen molar-refractivity contribution in [2.24, 2.45) is 0 Å². The Morgan fingerprint density at radius 3 is 1.66 bits per heavy atom. The number of aliphatic hydroxyl groups is 1. The molecule has 0 saturated carbocycles. The van der Waals surface area contributed by atoms with Crippen LogP contribution in [0.2, 0.25) is 0 Å². The number of carbonyl (C=O) groups excluding carboxylic acids is 2. The summed E-state index contributed by atoms with van der Waals surface area (Å²) in [5, 5.41) is 18.4. The Morgan fingerprint density at radius 1 is 0.842 bits per heavy atom. The van der Waals surface area contributed by atoms with Gasteiger partial charge in [-0.2, -0.15) is 0 Å². The number of methoxy groups -OCH3 is 1. The van der Waals surface area contributed by atoms with E-state index in [1.807, 2.05) is 0 Å². The van der Waals surface area contributed by atoms with Crippen molar-refractivity contribution in [2.75, 3.05) is 20.3 Å². The van der Waals surface area contributed by atoms with Crippen molar-refractivity contribution < 1.29 is 38.8 Å². The fourth-order valence-corrected chi connectivity index (χ4v) is 3.30. The third kappa shape index (κ3) is 30.0. The molecule has 38 heavy (non-hydrogen) atoms. The molecule has 0 amide bonds. The van der Waals surface area contributed by atoms with E-state index in [1.54, 1.807) is 13.8 Å². The van der Waals surface area contributed by atoms with Crippen LogP contribution in [0.25, 0.3) is 0 Å². The first-order valence-corrected chi connectivity index (χ1v) is 14.1. The lowest BCUT2D eigenvalue weighted by Crippen LogP contribution is -2.09. The van der Waals surface area contributed by atoms with Gasteiger partial charge in [-0.3, -0.25) is 4.79 Å². The summed E-state index contributed by atoms with van der Waals surface area (Å²) in [6, 6.07) is 0. The molecule has 222 valence electrons. The molecule has 1 fully saturated rings. The molecule has 2 unspecified atom stereocenters. The van der Waals surface area contributed by atoms with Gasteiger partial charge in [-0.05, 0) is 33.1 Å². The third-order valence-corrected chi connectivity index (χ3v) is 5.75. The number of ether oxygens (including phenoxy) is 3. The molecule has 0 radical (unpaired) electrons. The number of aliphatic carboxylic acids is 1. The van der Waals surface area contributed by atoms with Gasteiger partial charge in [-0.1, -0.05) is 90.7 Å². The van der Waals surface area contributed by atoms with E-state index >= 15 is 0 Å². The number of carboxylic acids is 1. The fourth-order valence-electron chi connectivity index (χ4n) is 3.30. The maximum Gasteiger partial charge on any atom is 0.333 e. The Hall–Kier alpha value is -2.19. The topological polar surface area (TPSA) is 123 Å². The molecular formula is C30H54O8. The molecule has 0 bridgehead atoms. The summed E-state index contributed by atoms with van der Waals surface area (Å²) in [5.41, 5.74) is 0.864. The van der Waals surface area contributed by atoms with Crippen LogP contribution >= 0.6 is 0 Å². The molecule has 1 aliphatic rings. The first-order chi connectivity index (χ1) is 18.0. The number of carbonyl (C=O) groups is 3. The lowest BCUT2D eigenvalue weighted by molar-refractivity contribution is -0.139. The second-order valence-corrected chi connectivity index (χ2v) is 9.87. The third-order valence-electron chi connectivity index (χ3n) is 5.75. The van der Waals surface area contributed by atoms with Crippen LogP contribution < -0.4 is 0 Å². The van der Waals surface area contributed by atoms with Crippen LogP contribution in [-0.4, -0.2) is 60.7 Å². The number of unbranched alkanes of at least 4 members (excludes halogenated alkanes) is 10. The second-order valence-electron chi connectivity index (χ2n) is 9.87. The van der Waals surface area contributed by atoms with Crippen LogP contribution in [0.1, 0.15) is 117 Å². The van der Waals surface area contributed by atoms with Gasteiger partial charge in [0.1, 0.15) is 12.7 Å². The number of hydrogen-bond donors (Lipinski definition) is 2. The van der Waals surface area contributed by atoms with E-state index in [1.165, 1.54) is 58.5 Å². The number of rotatable bonds is 20. The molecule has 1 saturated heterocycles. The number of hydrogen-bond acceptors (Lipinski definition) is 7. The average molecular weight is 543 g/mol. The Kier molecular flexibility index (Phi) is 26.4. The molecule has 0 aliphatic carbocycles. The van der Waals surface area contributed by atoms with E-state index in [-0.39, 0.29) is 24.1 Å². The quantitative estimate of drug-likeness (QED) is 0.0769. The Bertz CT molecular complexity index is 655. The lowest BCUT2D eigenvalue weighted by Gasteiger charge is -2.10. The van der Waals surface area contributed by atoms with Crippen molar-refractivity contribution in [1.82, 2.24) is 0 Å². The van der Waals surface area contributed by atoms with Crippen molar-refractivity contribution in [3.8, 4) is 0 Å². The van der Waals surface area contributed by atoms with Gasteiger partial charge in [0.15, 0.2) is 0 Å². The van der Waals surface area contributed by atoms with E-state index in [2.05, 4.69) is 24.8 Å². The van der Waals surface area contributed by atoms with Crippen LogP contribution in [-0.2, 0) is 28.6 Å². The highest BCUT2D eigenvalue weighted by Gasteiger charge is 2.24. The Balaban J connectivity index is 0. The molecular weight excluding hydrogens is 488 g/mol. The summed E-state index contributed by atoms with van der Waals surface area (Å²) in [6.45, 7) is 13.3. The molecule has 0 aromatic rings. The fraction of sp³-hybridized carbons (Fsp3) is 0.767. The zero-order chi connectivity index (χ0) is 29.2. The van der Waals surface area contributed by atoms with Crippen molar-refractivity contribution in [1.29, 1.82) is 0 Å². The largest absolute Gasteiger partial charge is 0.481 e. The summed E-state index contributed by atoms with van der Waals surface area (Å²) in [5.74, 6) is -1.36. The van der Waals surface area contributed by atoms with Crippen LogP contribution in [0.3, 0.4) is 0 Å². The number of epoxide rings is 1. The number of aliphatic hydroxyl groups excluding tert-OH is 1. The number of carboxylic acid groups (broad SMARTS) is 1. The SMILES string of the molecule is C=C(C)C(=O)OC.C=C(C)C(=O)OCC1CO1.CCCCCCC(O)CCCCCCCCCCC(=O)O. The van der Waals surface area contributed by atoms with Crippen molar-refractivity contribution in [3.63, 3.8) is 0 Å². The highest BCUT2D eigenvalue weighted by Crippen LogP contribution is 2.14. The number of esters is 2. The van der Waals surface area contributed by atoms with Crippen molar-refractivity contribution in [2.45, 2.75) is 129 Å². The predicted molar refractivity (Wildman–Crippen MR) is 151 cm³/mol. The summed E-state index contributed by atoms with van der Waals surface area (Å²) in [6.07, 6.45) is 16.4. The predicted octanol–water partition coefficient (Wildman–Crippen LogP) is 6.54. The van der Waals surface area contributed by atoms with Gasteiger partial charge in [-0.15, -0.1) is 0 Å². The monoisotopic (exact) mass is 542 g/mol. The molecule has 8 nitrogen and oxygen atoms in total. The van der Waals surface area contributed by atoms with Gasteiger partial charge >= 0.3 is 17.9 Å². The standard InChI is InChI=1S/C18H36O3.C7H10O3.C5H8O2/c1-2-3-4-11-14-17(19)15-12-9-7-5-6-8-10-13-16-18(20)21;1-5(2)7(8)10-4-6-3-9-6;1-4(2)5(6)7-3/h17,19H,2-16H2,1H3,(H,20,21);6H,1,3-4H2,2H3;1H2,2-3H3. The van der Waals surface area contributed by atoms with Gasteiger partial charge in [0.05, 0.1) is 19.8 Å². The Morgan fingerprint density at radius 2 is 1.29 bits per heavy atom. The second kappa shape index (κ2) is 26.4. The minimum Gasteiger partial charge on any atom is -0.481 e. The molecule has 1 rings (SSSR count). The zero-order valence-electron chi connectivity index (χ0n) is 24.4. The first kappa shape index (κ1) is 38.0. The Labute approximate surface area is 230 Å². The van der Waals surface area contributed by atoms with Crippen molar-refractivity contribution >= 4 is 17.9 Å². The summed E-state index contributed by atoms with van der Waals surface area (Å²) < 4.78 is 13.9. The van der Waals surface area contributed by atoms with Gasteiger partial charge in [0.2, 0.25) is 0 Å². The minimum absolute atomic E-state index is 0.0853. The first-order valence-electron chi connectivity index (χ1n) is 14.1. The van der Waals surface area contributed by atoms with Crippen LogP contribution in [0, 0.1) is 0 Å². The van der Waals surface area contributed by atoms with E-state index in [9.17, 15) is 19.5 Å². The summed E-state index contributed by atoms with van der Waals surface area (Å²) >= 11 is 0. The summed E-state index contributed by atoms with van der Waals surface area (Å²) in [7, 11) is 1.33. The van der Waals surface area contributed by atoms with Crippen LogP contribution in [0.15, 0.2) is 24.3 Å². The average Bonchev–Trinajstić information content (AvgIpc) is 3.71. The zero-order valence-corrected chi connectivity index (χ0v) is 24.4. The van der Waals surface area contributed by atoms with Gasteiger partial charge in [0.25, 0.3) is 0 Å². The van der Waals surface area contributed by atoms with E-state index in [0.29, 0.717) is 30.8 Å². The van der Waals surface area contributed by atoms with E-state index in [4.69, 9.17) is 14.6 Å². The molecule has 8 heteroatoms. The van der Waals surface area contributed by atoms with E-state index < -0.39 is 5.97 Å². The van der Waals surface area contributed by atoms with Gasteiger partial charge in [-0.25, -0.2) is 9.59 Å². The van der Waals surface area contributed by atoms with Gasteiger partial charge in [0, 0.05) is 17.6 Å². The van der Waals surface area contributed by atoms with Crippen LogP contribution in [0.4, 0.5) is 0 Å². The summed E-state index contributed by atoms with van der Waals surface area (Å²) in [4.78, 5) is 31.2. The smallest absolute Gasteiger partial charge is 0.333 e. The maximum atomic E-state index is 10.7. The van der Waals surface area contributed by atoms with Crippen LogP contribution in [0.5, 0.6) is 0 Å². The molecule has 1 heterocycles. The molecule has 2 atom stereocenters. The maximum absolute atomic E-state index is 10.7. The lowest BCUT2D eigenvalue weighted by atomic mass is 10.0. The highest BCUT2D eigenvalue weighted by atomic mass is 16.6. The molecule has 0 aromatic carbocycles. The van der Waals surface area contributed by atoms with Gasteiger partial charge < -0.3 is 24.4 Å². The molecule has 1 aliphatic heterocycles. The van der Waals surface area contributed by atoms with Crippen molar-refractivity contribution in [3.05, 3.63) is 24.3 Å². The minimum atomic E-state index is -0.678.